The van der Waals surface area contributed by atoms with E-state index in [-0.39, 0.29) is 0 Å². The highest BCUT2D eigenvalue weighted by Gasteiger charge is 2.19. The van der Waals surface area contributed by atoms with Crippen LogP contribution >= 0.6 is 0 Å². The van der Waals surface area contributed by atoms with E-state index >= 15 is 0 Å². The Hall–Kier alpha value is -1.88. The number of aryl methyl sites for hydroxylation is 2. The van der Waals surface area contributed by atoms with Crippen LogP contribution in [0.3, 0.4) is 0 Å². The minimum atomic E-state index is 0.619. The number of nitrogens with two attached hydrogens (primary N) is 1. The van der Waals surface area contributed by atoms with E-state index in [2.05, 4.69) is 22.3 Å². The number of nitrogens with one attached hydrogen (secondary N) is 1. The molecule has 5 heteroatoms. The predicted molar refractivity (Wildman–Crippen MR) is 73.6 cm³/mol. The first-order chi connectivity index (χ1) is 9.31. The van der Waals surface area contributed by atoms with Crippen LogP contribution in [0.2, 0.25) is 0 Å². The third kappa shape index (κ3) is 2.21. The molecule has 0 unspecified atom stereocenters. The minimum absolute atomic E-state index is 0.619. The smallest absolute Gasteiger partial charge is 0.197 e. The van der Waals surface area contributed by atoms with Crippen molar-refractivity contribution in [2.24, 2.45) is 5.84 Å². The second-order valence-electron chi connectivity index (χ2n) is 4.79. The molecule has 0 spiro atoms. The summed E-state index contributed by atoms with van der Waals surface area (Å²) in [5.41, 5.74) is 4.94. The number of furan rings is 1. The second-order valence-corrected chi connectivity index (χ2v) is 4.79. The summed E-state index contributed by atoms with van der Waals surface area (Å²) in [4.78, 5) is 9.12. The van der Waals surface area contributed by atoms with Gasteiger partial charge in [-0.25, -0.2) is 15.8 Å². The Kier molecular flexibility index (Phi) is 3.21. The lowest BCUT2D eigenvalue weighted by atomic mass is 9.96. The molecule has 2 aromatic heterocycles. The van der Waals surface area contributed by atoms with Gasteiger partial charge in [0.2, 0.25) is 0 Å². The Labute approximate surface area is 112 Å². The maximum atomic E-state index is 5.72. The number of hydrogen-bond acceptors (Lipinski definition) is 5. The summed E-state index contributed by atoms with van der Waals surface area (Å²) in [6, 6.07) is 3.89. The van der Waals surface area contributed by atoms with Gasteiger partial charge in [0.05, 0.1) is 0 Å². The van der Waals surface area contributed by atoms with Crippen molar-refractivity contribution in [1.29, 1.82) is 0 Å². The Balaban J connectivity index is 2.06. The Bertz CT molecular complexity index is 574. The zero-order valence-electron chi connectivity index (χ0n) is 11.1. The SMILES string of the molecule is CCc1ccc(-c2nc3c(c(NN)n2)CCCC3)o1. The molecule has 0 aromatic carbocycles. The van der Waals surface area contributed by atoms with Gasteiger partial charge in [-0.2, -0.15) is 0 Å². The lowest BCUT2D eigenvalue weighted by molar-refractivity contribution is 0.524. The van der Waals surface area contributed by atoms with Crippen LogP contribution in [-0.4, -0.2) is 9.97 Å². The quantitative estimate of drug-likeness (QED) is 0.653. The third-order valence-corrected chi connectivity index (χ3v) is 3.55. The predicted octanol–water partition coefficient (Wildman–Crippen LogP) is 2.46. The Morgan fingerprint density at radius 3 is 2.84 bits per heavy atom. The van der Waals surface area contributed by atoms with E-state index in [1.54, 1.807) is 0 Å². The molecular formula is C14H18N4O. The topological polar surface area (TPSA) is 77.0 Å². The van der Waals surface area contributed by atoms with E-state index in [4.69, 9.17) is 10.3 Å². The van der Waals surface area contributed by atoms with E-state index in [0.717, 1.165) is 42.1 Å². The summed E-state index contributed by atoms with van der Waals surface area (Å²) in [6.45, 7) is 2.06. The van der Waals surface area contributed by atoms with Gasteiger partial charge >= 0.3 is 0 Å². The monoisotopic (exact) mass is 258 g/mol. The molecule has 3 rings (SSSR count). The highest BCUT2D eigenvalue weighted by molar-refractivity contribution is 5.56. The third-order valence-electron chi connectivity index (χ3n) is 3.55. The van der Waals surface area contributed by atoms with Crippen LogP contribution in [0, 0.1) is 0 Å². The molecule has 5 nitrogen and oxygen atoms in total. The molecule has 0 atom stereocenters. The number of nitrogens with zero attached hydrogens (tertiary/aromatic N) is 2. The molecule has 2 aromatic rings. The average Bonchev–Trinajstić information content (AvgIpc) is 2.95. The highest BCUT2D eigenvalue weighted by atomic mass is 16.3. The van der Waals surface area contributed by atoms with Gasteiger partial charge in [0.1, 0.15) is 11.6 Å². The summed E-state index contributed by atoms with van der Waals surface area (Å²) in [5, 5.41) is 0. The summed E-state index contributed by atoms with van der Waals surface area (Å²) < 4.78 is 5.72. The minimum Gasteiger partial charge on any atom is -0.458 e. The summed E-state index contributed by atoms with van der Waals surface area (Å²) >= 11 is 0. The number of rotatable bonds is 3. The number of fused-ring (bicyclic) bond motifs is 1. The molecule has 3 N–H and O–H groups in total. The molecule has 0 saturated heterocycles. The van der Waals surface area contributed by atoms with Crippen molar-refractivity contribution in [3.63, 3.8) is 0 Å². The first-order valence-electron chi connectivity index (χ1n) is 6.77. The van der Waals surface area contributed by atoms with Crippen LogP contribution in [0.25, 0.3) is 11.6 Å². The number of nitrogen functional groups attached to an aromatic ring is 1. The summed E-state index contributed by atoms with van der Waals surface area (Å²) in [7, 11) is 0. The van der Waals surface area contributed by atoms with Gasteiger partial charge in [0.25, 0.3) is 0 Å². The highest BCUT2D eigenvalue weighted by Crippen LogP contribution is 2.28. The molecule has 0 bridgehead atoms. The van der Waals surface area contributed by atoms with E-state index in [0.29, 0.717) is 11.6 Å². The Morgan fingerprint density at radius 1 is 1.26 bits per heavy atom. The van der Waals surface area contributed by atoms with E-state index in [1.807, 2.05) is 12.1 Å². The van der Waals surface area contributed by atoms with E-state index in [9.17, 15) is 0 Å². The van der Waals surface area contributed by atoms with Crippen LogP contribution in [0.5, 0.6) is 0 Å². The van der Waals surface area contributed by atoms with Gasteiger partial charge in [0, 0.05) is 17.7 Å². The van der Waals surface area contributed by atoms with E-state index in [1.165, 1.54) is 12.8 Å². The first kappa shape index (κ1) is 12.2. The van der Waals surface area contributed by atoms with Crippen molar-refractivity contribution in [3.8, 4) is 11.6 Å². The number of hydrogen-bond donors (Lipinski definition) is 2. The van der Waals surface area contributed by atoms with Crippen LogP contribution in [-0.2, 0) is 19.3 Å². The molecule has 2 heterocycles. The molecule has 100 valence electrons. The number of anilines is 1. The molecule has 0 aliphatic heterocycles. The van der Waals surface area contributed by atoms with Crippen molar-refractivity contribution in [2.75, 3.05) is 5.43 Å². The van der Waals surface area contributed by atoms with Gasteiger partial charge in [-0.05, 0) is 37.8 Å². The van der Waals surface area contributed by atoms with Gasteiger partial charge in [-0.15, -0.1) is 0 Å². The molecular weight excluding hydrogens is 240 g/mol. The zero-order chi connectivity index (χ0) is 13.2. The van der Waals surface area contributed by atoms with Gasteiger partial charge in [-0.1, -0.05) is 6.92 Å². The normalized spacial score (nSPS) is 14.2. The van der Waals surface area contributed by atoms with Crippen LogP contribution in [0.1, 0.15) is 36.8 Å². The lowest BCUT2D eigenvalue weighted by Gasteiger charge is -2.18. The number of hydrazine groups is 1. The fraction of sp³-hybridized carbons (Fsp3) is 0.429. The summed E-state index contributed by atoms with van der Waals surface area (Å²) in [6.07, 6.45) is 5.19. The van der Waals surface area contributed by atoms with Crippen molar-refractivity contribution < 1.29 is 4.42 Å². The maximum Gasteiger partial charge on any atom is 0.197 e. The van der Waals surface area contributed by atoms with Gasteiger partial charge < -0.3 is 9.84 Å². The fourth-order valence-corrected chi connectivity index (χ4v) is 2.51. The number of aromatic nitrogens is 2. The largest absolute Gasteiger partial charge is 0.458 e. The zero-order valence-corrected chi connectivity index (χ0v) is 11.1. The lowest BCUT2D eigenvalue weighted by Crippen LogP contribution is -2.17. The van der Waals surface area contributed by atoms with Gasteiger partial charge in [-0.3, -0.25) is 0 Å². The van der Waals surface area contributed by atoms with E-state index < -0.39 is 0 Å². The maximum absolute atomic E-state index is 5.72. The van der Waals surface area contributed by atoms with Crippen LogP contribution in [0.15, 0.2) is 16.5 Å². The van der Waals surface area contributed by atoms with Crippen molar-refractivity contribution >= 4 is 5.82 Å². The molecule has 0 radical (unpaired) electrons. The van der Waals surface area contributed by atoms with Crippen LogP contribution < -0.4 is 11.3 Å². The molecule has 19 heavy (non-hydrogen) atoms. The summed E-state index contributed by atoms with van der Waals surface area (Å²) in [5.74, 6) is 8.58. The molecule has 0 saturated carbocycles. The average molecular weight is 258 g/mol. The molecule has 1 aliphatic carbocycles. The van der Waals surface area contributed by atoms with Crippen molar-refractivity contribution in [3.05, 3.63) is 29.2 Å². The van der Waals surface area contributed by atoms with Crippen molar-refractivity contribution in [2.45, 2.75) is 39.0 Å². The Morgan fingerprint density at radius 2 is 2.11 bits per heavy atom. The van der Waals surface area contributed by atoms with Crippen LogP contribution in [0.4, 0.5) is 5.82 Å². The fourth-order valence-electron chi connectivity index (χ4n) is 2.51. The molecule has 0 amide bonds. The first-order valence-corrected chi connectivity index (χ1v) is 6.77. The molecule has 1 aliphatic rings. The standard InChI is InChI=1S/C14H18N4O/c1-2-9-7-8-12(19-9)14-16-11-6-4-3-5-10(11)13(17-14)18-15/h7-8H,2-6,15H2,1H3,(H,16,17,18). The van der Waals surface area contributed by atoms with Crippen molar-refractivity contribution in [1.82, 2.24) is 9.97 Å². The molecule has 0 fully saturated rings. The van der Waals surface area contributed by atoms with Gasteiger partial charge in [0.15, 0.2) is 11.6 Å². The second kappa shape index (κ2) is 5.01.